The number of aromatic amines is 1. The van der Waals surface area contributed by atoms with E-state index < -0.39 is 5.91 Å². The minimum absolute atomic E-state index is 0.0452. The Hall–Kier alpha value is -3.14. The van der Waals surface area contributed by atoms with E-state index in [0.29, 0.717) is 17.4 Å². The van der Waals surface area contributed by atoms with Gasteiger partial charge in [-0.1, -0.05) is 12.1 Å². The van der Waals surface area contributed by atoms with E-state index in [1.165, 1.54) is 11.1 Å². The molecule has 2 amide bonds. The van der Waals surface area contributed by atoms with Gasteiger partial charge in [-0.05, 0) is 12.1 Å². The van der Waals surface area contributed by atoms with Gasteiger partial charge in [-0.2, -0.15) is 5.26 Å². The number of carbonyl (C=O) groups is 2. The van der Waals surface area contributed by atoms with Crippen LogP contribution in [-0.2, 0) is 4.79 Å². The molecule has 2 rings (SSSR count). The predicted molar refractivity (Wildman–Crippen MR) is 84.8 cm³/mol. The molecule has 2 N–H and O–H groups in total. The van der Waals surface area contributed by atoms with E-state index in [9.17, 15) is 14.4 Å². The van der Waals surface area contributed by atoms with E-state index in [1.54, 1.807) is 31.3 Å². The molecular formula is C16H16N4O3. The van der Waals surface area contributed by atoms with E-state index in [2.05, 4.69) is 10.3 Å². The first-order valence-corrected chi connectivity index (χ1v) is 7.04. The van der Waals surface area contributed by atoms with E-state index >= 15 is 0 Å². The predicted octanol–water partition coefficient (Wildman–Crippen LogP) is 0.630. The van der Waals surface area contributed by atoms with Crippen molar-refractivity contribution in [3.63, 3.8) is 0 Å². The van der Waals surface area contributed by atoms with Crippen LogP contribution in [0.15, 0.2) is 35.3 Å². The Morgan fingerprint density at radius 2 is 2.09 bits per heavy atom. The Balaban J connectivity index is 2.07. The number of likely N-dealkylation sites (N-methyl/N-ethyl adjacent to an activating group) is 1. The second kappa shape index (κ2) is 7.22. The highest BCUT2D eigenvalue weighted by molar-refractivity contribution is 5.98. The van der Waals surface area contributed by atoms with Crippen molar-refractivity contribution in [3.8, 4) is 6.07 Å². The molecule has 1 aromatic carbocycles. The monoisotopic (exact) mass is 312 g/mol. The minimum atomic E-state index is -0.612. The lowest BCUT2D eigenvalue weighted by Gasteiger charge is -2.15. The van der Waals surface area contributed by atoms with Crippen LogP contribution in [0.1, 0.15) is 16.8 Å². The van der Waals surface area contributed by atoms with Crippen LogP contribution in [0.3, 0.4) is 0 Å². The molecule has 1 heterocycles. The molecule has 0 aliphatic carbocycles. The number of nitriles is 1. The fraction of sp³-hybridized carbons (Fsp3) is 0.250. The summed E-state index contributed by atoms with van der Waals surface area (Å²) in [7, 11) is 1.55. The molecular weight excluding hydrogens is 296 g/mol. The molecule has 118 valence electrons. The number of carbonyl (C=O) groups excluding carboxylic acids is 2. The average molecular weight is 312 g/mol. The lowest BCUT2D eigenvalue weighted by atomic mass is 10.1. The van der Waals surface area contributed by atoms with Gasteiger partial charge in [0.1, 0.15) is 5.56 Å². The van der Waals surface area contributed by atoms with Crippen molar-refractivity contribution in [1.29, 1.82) is 5.26 Å². The Morgan fingerprint density at radius 3 is 2.83 bits per heavy atom. The summed E-state index contributed by atoms with van der Waals surface area (Å²) in [5, 5.41) is 11.3. The summed E-state index contributed by atoms with van der Waals surface area (Å²) in [6, 6.07) is 8.82. The summed E-state index contributed by atoms with van der Waals surface area (Å²) in [5.74, 6) is -0.940. The molecule has 0 unspecified atom stereocenters. The molecule has 0 saturated heterocycles. The van der Waals surface area contributed by atoms with Crippen LogP contribution in [0.25, 0.3) is 10.9 Å². The Labute approximate surface area is 132 Å². The highest BCUT2D eigenvalue weighted by Gasteiger charge is 2.15. The van der Waals surface area contributed by atoms with Crippen molar-refractivity contribution >= 4 is 22.7 Å². The zero-order chi connectivity index (χ0) is 16.8. The van der Waals surface area contributed by atoms with Crippen LogP contribution < -0.4 is 10.7 Å². The molecule has 0 spiro atoms. The first-order valence-electron chi connectivity index (χ1n) is 7.04. The molecule has 23 heavy (non-hydrogen) atoms. The molecule has 0 saturated carbocycles. The second-order valence-electron chi connectivity index (χ2n) is 4.98. The highest BCUT2D eigenvalue weighted by Crippen LogP contribution is 2.06. The van der Waals surface area contributed by atoms with E-state index in [1.807, 2.05) is 6.07 Å². The fourth-order valence-electron chi connectivity index (χ4n) is 2.06. The number of pyridine rings is 1. The Bertz CT molecular complexity index is 835. The number of H-pyrrole nitrogens is 1. The lowest BCUT2D eigenvalue weighted by Crippen LogP contribution is -2.39. The number of benzene rings is 1. The number of hydrogen-bond donors (Lipinski definition) is 2. The molecule has 7 heteroatoms. The topological polar surface area (TPSA) is 106 Å². The van der Waals surface area contributed by atoms with Crippen molar-refractivity contribution in [1.82, 2.24) is 15.2 Å². The maximum atomic E-state index is 12.3. The van der Waals surface area contributed by atoms with E-state index in [0.717, 1.165) is 0 Å². The lowest BCUT2D eigenvalue weighted by molar-refractivity contribution is -0.128. The normalized spacial score (nSPS) is 10.1. The van der Waals surface area contributed by atoms with Gasteiger partial charge in [0, 0.05) is 30.7 Å². The number of amides is 2. The molecule has 0 atom stereocenters. The van der Waals surface area contributed by atoms with Crippen LogP contribution in [0.2, 0.25) is 0 Å². The third-order valence-corrected chi connectivity index (χ3v) is 3.42. The van der Waals surface area contributed by atoms with Crippen molar-refractivity contribution < 1.29 is 9.59 Å². The molecule has 7 nitrogen and oxygen atoms in total. The Morgan fingerprint density at radius 1 is 1.35 bits per heavy atom. The number of aromatic nitrogens is 1. The van der Waals surface area contributed by atoms with Gasteiger partial charge < -0.3 is 15.2 Å². The van der Waals surface area contributed by atoms with Gasteiger partial charge in [-0.3, -0.25) is 14.4 Å². The van der Waals surface area contributed by atoms with Crippen LogP contribution in [0.4, 0.5) is 0 Å². The maximum Gasteiger partial charge on any atom is 0.257 e. The van der Waals surface area contributed by atoms with Crippen molar-refractivity contribution in [2.24, 2.45) is 0 Å². The van der Waals surface area contributed by atoms with Crippen LogP contribution >= 0.6 is 0 Å². The van der Waals surface area contributed by atoms with Gasteiger partial charge in [-0.25, -0.2) is 0 Å². The van der Waals surface area contributed by atoms with Gasteiger partial charge in [0.25, 0.3) is 5.91 Å². The summed E-state index contributed by atoms with van der Waals surface area (Å²) in [6.45, 7) is 0.0643. The molecule has 0 bridgehead atoms. The first-order chi connectivity index (χ1) is 11.0. The van der Waals surface area contributed by atoms with Crippen molar-refractivity contribution in [3.05, 3.63) is 46.2 Å². The Kier molecular flexibility index (Phi) is 5.10. The number of para-hydroxylation sites is 1. The molecule has 1 aromatic heterocycles. The van der Waals surface area contributed by atoms with E-state index in [4.69, 9.17) is 5.26 Å². The van der Waals surface area contributed by atoms with Gasteiger partial charge in [-0.15, -0.1) is 0 Å². The molecule has 0 aliphatic rings. The van der Waals surface area contributed by atoms with Crippen LogP contribution in [-0.4, -0.2) is 41.8 Å². The number of rotatable bonds is 5. The first kappa shape index (κ1) is 16.2. The van der Waals surface area contributed by atoms with E-state index in [-0.39, 0.29) is 29.9 Å². The third kappa shape index (κ3) is 3.74. The van der Waals surface area contributed by atoms with Crippen molar-refractivity contribution in [2.75, 3.05) is 20.1 Å². The zero-order valence-electron chi connectivity index (χ0n) is 12.6. The van der Waals surface area contributed by atoms with Gasteiger partial charge >= 0.3 is 0 Å². The molecule has 0 fully saturated rings. The number of nitrogens with zero attached hydrogens (tertiary/aromatic N) is 2. The maximum absolute atomic E-state index is 12.3. The highest BCUT2D eigenvalue weighted by atomic mass is 16.2. The molecule has 0 aliphatic heterocycles. The number of hydrogen-bond acceptors (Lipinski definition) is 4. The largest absolute Gasteiger partial charge is 0.360 e. The summed E-state index contributed by atoms with van der Waals surface area (Å²) >= 11 is 0. The quantitative estimate of drug-likeness (QED) is 0.844. The summed E-state index contributed by atoms with van der Waals surface area (Å²) in [5.41, 5.74) is 0.208. The second-order valence-corrected chi connectivity index (χ2v) is 4.98. The number of nitrogens with one attached hydrogen (secondary N) is 2. The van der Waals surface area contributed by atoms with Crippen LogP contribution in [0.5, 0.6) is 0 Å². The zero-order valence-corrected chi connectivity index (χ0v) is 12.6. The summed E-state index contributed by atoms with van der Waals surface area (Å²) in [6.07, 6.45) is 1.56. The standard InChI is InChI=1S/C16H16N4O3/c1-20(8-4-7-17)14(21)10-19-16(23)12-9-18-13-6-3-2-5-11(13)15(12)22/h2-3,5-6,9H,4,8,10H2,1H3,(H,18,22)(H,19,23). The smallest absolute Gasteiger partial charge is 0.257 e. The minimum Gasteiger partial charge on any atom is -0.360 e. The third-order valence-electron chi connectivity index (χ3n) is 3.42. The fourth-order valence-corrected chi connectivity index (χ4v) is 2.06. The van der Waals surface area contributed by atoms with Crippen molar-refractivity contribution in [2.45, 2.75) is 6.42 Å². The number of fused-ring (bicyclic) bond motifs is 1. The van der Waals surface area contributed by atoms with Gasteiger partial charge in [0.05, 0.1) is 19.0 Å². The summed E-state index contributed by atoms with van der Waals surface area (Å²) < 4.78 is 0. The molecule has 0 radical (unpaired) electrons. The van der Waals surface area contributed by atoms with Gasteiger partial charge in [0.2, 0.25) is 11.3 Å². The molecule has 2 aromatic rings. The average Bonchev–Trinajstić information content (AvgIpc) is 2.57. The van der Waals surface area contributed by atoms with Gasteiger partial charge in [0.15, 0.2) is 0 Å². The van der Waals surface area contributed by atoms with Crippen LogP contribution in [0, 0.1) is 11.3 Å². The SMILES string of the molecule is CN(CCC#N)C(=O)CNC(=O)c1c[nH]c2ccccc2c1=O. The summed E-state index contributed by atoms with van der Waals surface area (Å²) in [4.78, 5) is 40.4.